The molecule has 86 valence electrons. The number of rotatable bonds is 3. The SMILES string of the molecule is CC(C)OC(=O)C=Cc1cc(Cl)ccc1Cl. The van der Waals surface area contributed by atoms with Crippen molar-refractivity contribution in [2.75, 3.05) is 0 Å². The highest BCUT2D eigenvalue weighted by Crippen LogP contribution is 2.21. The fourth-order valence-electron chi connectivity index (χ4n) is 1.07. The highest BCUT2D eigenvalue weighted by molar-refractivity contribution is 6.34. The lowest BCUT2D eigenvalue weighted by Crippen LogP contribution is -2.08. The Balaban J connectivity index is 2.76. The zero-order chi connectivity index (χ0) is 12.1. The average Bonchev–Trinajstić information content (AvgIpc) is 2.18. The Kier molecular flexibility index (Phi) is 4.84. The second-order valence-corrected chi connectivity index (χ2v) is 4.33. The van der Waals surface area contributed by atoms with E-state index in [-0.39, 0.29) is 6.10 Å². The minimum Gasteiger partial charge on any atom is -0.460 e. The lowest BCUT2D eigenvalue weighted by atomic mass is 10.2. The third-order valence-corrected chi connectivity index (χ3v) is 2.29. The summed E-state index contributed by atoms with van der Waals surface area (Å²) in [6.07, 6.45) is 2.78. The predicted octanol–water partition coefficient (Wildman–Crippen LogP) is 3.96. The molecule has 0 atom stereocenters. The zero-order valence-electron chi connectivity index (χ0n) is 9.04. The fraction of sp³-hybridized carbons (Fsp3) is 0.250. The molecule has 2 nitrogen and oxygen atoms in total. The highest BCUT2D eigenvalue weighted by Gasteiger charge is 2.02. The number of carbonyl (C=O) groups is 1. The molecule has 0 amide bonds. The largest absolute Gasteiger partial charge is 0.460 e. The first-order chi connectivity index (χ1) is 7.49. The third kappa shape index (κ3) is 4.25. The van der Waals surface area contributed by atoms with Crippen LogP contribution in [0.2, 0.25) is 10.0 Å². The van der Waals surface area contributed by atoms with Gasteiger partial charge in [0.1, 0.15) is 0 Å². The van der Waals surface area contributed by atoms with Crippen molar-refractivity contribution >= 4 is 35.2 Å². The number of hydrogen-bond donors (Lipinski definition) is 0. The Morgan fingerprint density at radius 1 is 1.38 bits per heavy atom. The summed E-state index contributed by atoms with van der Waals surface area (Å²) in [6.45, 7) is 3.58. The van der Waals surface area contributed by atoms with Crippen molar-refractivity contribution in [3.05, 3.63) is 39.9 Å². The standard InChI is InChI=1S/C12H12Cl2O2/c1-8(2)16-12(15)6-3-9-7-10(13)4-5-11(9)14/h3-8H,1-2H3. The van der Waals surface area contributed by atoms with E-state index in [0.29, 0.717) is 15.6 Å². The molecule has 0 unspecified atom stereocenters. The Labute approximate surface area is 105 Å². The second kappa shape index (κ2) is 5.92. The van der Waals surface area contributed by atoms with E-state index in [1.165, 1.54) is 6.08 Å². The summed E-state index contributed by atoms with van der Waals surface area (Å²) in [4.78, 5) is 11.2. The van der Waals surface area contributed by atoms with Crippen LogP contribution in [0, 0.1) is 0 Å². The molecule has 0 heterocycles. The Bertz CT molecular complexity index is 411. The van der Waals surface area contributed by atoms with E-state index in [1.54, 1.807) is 38.1 Å². The van der Waals surface area contributed by atoms with E-state index in [0.717, 1.165) is 0 Å². The number of halogens is 2. The van der Waals surface area contributed by atoms with E-state index >= 15 is 0 Å². The molecule has 1 aromatic rings. The highest BCUT2D eigenvalue weighted by atomic mass is 35.5. The van der Waals surface area contributed by atoms with Crippen molar-refractivity contribution in [2.45, 2.75) is 20.0 Å². The quantitative estimate of drug-likeness (QED) is 0.606. The molecule has 4 heteroatoms. The molecule has 16 heavy (non-hydrogen) atoms. The average molecular weight is 259 g/mol. The van der Waals surface area contributed by atoms with Gasteiger partial charge in [-0.05, 0) is 43.7 Å². The van der Waals surface area contributed by atoms with Crippen molar-refractivity contribution < 1.29 is 9.53 Å². The van der Waals surface area contributed by atoms with Crippen LogP contribution >= 0.6 is 23.2 Å². The molecule has 0 saturated carbocycles. The summed E-state index contributed by atoms with van der Waals surface area (Å²) in [7, 11) is 0. The number of hydrogen-bond acceptors (Lipinski definition) is 2. The van der Waals surface area contributed by atoms with Gasteiger partial charge in [-0.3, -0.25) is 0 Å². The van der Waals surface area contributed by atoms with Gasteiger partial charge >= 0.3 is 5.97 Å². The Hall–Kier alpha value is -0.990. The van der Waals surface area contributed by atoms with Crippen molar-refractivity contribution in [1.82, 2.24) is 0 Å². The lowest BCUT2D eigenvalue weighted by molar-refractivity contribution is -0.141. The summed E-state index contributed by atoms with van der Waals surface area (Å²) in [5.74, 6) is -0.397. The van der Waals surface area contributed by atoms with Gasteiger partial charge in [0.2, 0.25) is 0 Å². The second-order valence-electron chi connectivity index (χ2n) is 3.48. The molecule has 0 aliphatic carbocycles. The molecular weight excluding hydrogens is 247 g/mol. The number of esters is 1. The maximum Gasteiger partial charge on any atom is 0.331 e. The van der Waals surface area contributed by atoms with Crippen LogP contribution in [-0.2, 0) is 9.53 Å². The minimum absolute atomic E-state index is 0.132. The molecule has 0 aromatic heterocycles. The van der Waals surface area contributed by atoms with Crippen LogP contribution in [0.1, 0.15) is 19.4 Å². The molecule has 0 fully saturated rings. The van der Waals surface area contributed by atoms with Crippen LogP contribution in [0.4, 0.5) is 0 Å². The van der Waals surface area contributed by atoms with Crippen molar-refractivity contribution in [1.29, 1.82) is 0 Å². The number of carbonyl (C=O) groups excluding carboxylic acids is 1. The number of ether oxygens (including phenoxy) is 1. The molecular formula is C12H12Cl2O2. The van der Waals surface area contributed by atoms with E-state index in [4.69, 9.17) is 27.9 Å². The monoisotopic (exact) mass is 258 g/mol. The fourth-order valence-corrected chi connectivity index (χ4v) is 1.43. The maximum atomic E-state index is 11.2. The Morgan fingerprint density at radius 3 is 2.69 bits per heavy atom. The molecule has 0 bridgehead atoms. The van der Waals surface area contributed by atoms with Gasteiger partial charge in [0.25, 0.3) is 0 Å². The van der Waals surface area contributed by atoms with Crippen LogP contribution in [-0.4, -0.2) is 12.1 Å². The van der Waals surface area contributed by atoms with Gasteiger partial charge in [-0.1, -0.05) is 23.2 Å². The van der Waals surface area contributed by atoms with Gasteiger partial charge in [-0.15, -0.1) is 0 Å². The van der Waals surface area contributed by atoms with E-state index in [2.05, 4.69) is 0 Å². The van der Waals surface area contributed by atoms with Crippen LogP contribution in [0.15, 0.2) is 24.3 Å². The third-order valence-electron chi connectivity index (χ3n) is 1.71. The first-order valence-corrected chi connectivity index (χ1v) is 5.58. The van der Waals surface area contributed by atoms with Gasteiger partial charge in [0.15, 0.2) is 0 Å². The predicted molar refractivity (Wildman–Crippen MR) is 66.7 cm³/mol. The molecule has 0 aliphatic rings. The summed E-state index contributed by atoms with van der Waals surface area (Å²) < 4.78 is 4.94. The van der Waals surface area contributed by atoms with Crippen molar-refractivity contribution in [3.63, 3.8) is 0 Å². The first-order valence-electron chi connectivity index (χ1n) is 4.83. The topological polar surface area (TPSA) is 26.3 Å². The summed E-state index contributed by atoms with van der Waals surface area (Å²) in [5.41, 5.74) is 0.690. The van der Waals surface area contributed by atoms with Crippen LogP contribution < -0.4 is 0 Å². The smallest absolute Gasteiger partial charge is 0.331 e. The molecule has 0 N–H and O–H groups in total. The van der Waals surface area contributed by atoms with E-state index < -0.39 is 5.97 Å². The molecule has 1 aromatic carbocycles. The molecule has 0 saturated heterocycles. The maximum absolute atomic E-state index is 11.2. The lowest BCUT2D eigenvalue weighted by Gasteiger charge is -2.04. The molecule has 0 spiro atoms. The molecule has 0 aliphatic heterocycles. The van der Waals surface area contributed by atoms with Crippen LogP contribution in [0.3, 0.4) is 0 Å². The molecule has 1 rings (SSSR count). The van der Waals surface area contributed by atoms with Crippen molar-refractivity contribution in [3.8, 4) is 0 Å². The number of benzene rings is 1. The van der Waals surface area contributed by atoms with Gasteiger partial charge < -0.3 is 4.74 Å². The van der Waals surface area contributed by atoms with Gasteiger partial charge in [-0.25, -0.2) is 4.79 Å². The normalized spacial score (nSPS) is 11.1. The van der Waals surface area contributed by atoms with E-state index in [1.807, 2.05) is 0 Å². The van der Waals surface area contributed by atoms with Crippen molar-refractivity contribution in [2.24, 2.45) is 0 Å². The first kappa shape index (κ1) is 13.1. The summed E-state index contributed by atoms with van der Waals surface area (Å²) in [6, 6.07) is 5.05. The summed E-state index contributed by atoms with van der Waals surface area (Å²) in [5, 5.41) is 1.11. The van der Waals surface area contributed by atoms with Crippen LogP contribution in [0.5, 0.6) is 0 Å². The van der Waals surface area contributed by atoms with Gasteiger partial charge in [-0.2, -0.15) is 0 Å². The zero-order valence-corrected chi connectivity index (χ0v) is 10.5. The van der Waals surface area contributed by atoms with Gasteiger partial charge in [0, 0.05) is 16.1 Å². The Morgan fingerprint density at radius 2 is 2.06 bits per heavy atom. The molecule has 0 radical (unpaired) electrons. The van der Waals surface area contributed by atoms with Crippen LogP contribution in [0.25, 0.3) is 6.08 Å². The van der Waals surface area contributed by atoms with Gasteiger partial charge in [0.05, 0.1) is 6.10 Å². The van der Waals surface area contributed by atoms with E-state index in [9.17, 15) is 4.79 Å². The summed E-state index contributed by atoms with van der Waals surface area (Å²) >= 11 is 11.7. The minimum atomic E-state index is -0.397.